The van der Waals surface area contributed by atoms with Crippen LogP contribution in [0.2, 0.25) is 0 Å². The van der Waals surface area contributed by atoms with E-state index in [0.29, 0.717) is 30.0 Å². The van der Waals surface area contributed by atoms with Crippen LogP contribution in [0, 0.1) is 11.3 Å². The minimum atomic E-state index is -0.133. The molecule has 0 unspecified atom stereocenters. The van der Waals surface area contributed by atoms with Crippen LogP contribution in [0.5, 0.6) is 0 Å². The molecule has 0 atom stereocenters. The van der Waals surface area contributed by atoms with Crippen LogP contribution in [-0.2, 0) is 11.2 Å². The highest BCUT2D eigenvalue weighted by molar-refractivity contribution is 7.16. The van der Waals surface area contributed by atoms with Crippen molar-refractivity contribution in [2.45, 2.75) is 31.6 Å². The second-order valence-corrected chi connectivity index (χ2v) is 6.77. The molecule has 0 saturated heterocycles. The van der Waals surface area contributed by atoms with E-state index < -0.39 is 0 Å². The smallest absolute Gasteiger partial charge is 0.234 e. The van der Waals surface area contributed by atoms with E-state index in [0.717, 1.165) is 28.6 Å². The lowest BCUT2D eigenvalue weighted by molar-refractivity contribution is -0.116. The van der Waals surface area contributed by atoms with Crippen LogP contribution in [0.4, 0.5) is 5.69 Å². The number of hydrogen-bond acceptors (Lipinski definition) is 6. The molecule has 24 heavy (non-hydrogen) atoms. The molecule has 7 nitrogen and oxygen atoms in total. The number of carbonyl (C=O) groups is 1. The first-order valence-electron chi connectivity index (χ1n) is 7.74. The van der Waals surface area contributed by atoms with Crippen molar-refractivity contribution in [1.82, 2.24) is 19.8 Å². The fraction of sp³-hybridized carbons (Fsp3) is 0.312. The largest absolute Gasteiger partial charge is 0.325 e. The summed E-state index contributed by atoms with van der Waals surface area (Å²) in [4.78, 5) is 12.9. The van der Waals surface area contributed by atoms with Crippen molar-refractivity contribution in [3.05, 3.63) is 40.7 Å². The summed E-state index contributed by atoms with van der Waals surface area (Å²) in [6, 6.07) is 9.03. The van der Waals surface area contributed by atoms with E-state index in [1.807, 2.05) is 0 Å². The Kier molecular flexibility index (Phi) is 3.70. The van der Waals surface area contributed by atoms with Gasteiger partial charge in [0.15, 0.2) is 5.82 Å². The minimum absolute atomic E-state index is 0.133. The summed E-state index contributed by atoms with van der Waals surface area (Å²) < 4.78 is 1.81. The number of carbonyl (C=O) groups excluding carboxylic acids is 1. The molecule has 1 aromatic carbocycles. The van der Waals surface area contributed by atoms with Gasteiger partial charge in [-0.15, -0.1) is 10.2 Å². The van der Waals surface area contributed by atoms with Crippen LogP contribution < -0.4 is 5.32 Å². The Hall–Kier alpha value is -2.79. The first kappa shape index (κ1) is 14.8. The zero-order chi connectivity index (χ0) is 16.5. The highest BCUT2D eigenvalue weighted by Crippen LogP contribution is 2.39. The molecule has 8 heteroatoms. The maximum Gasteiger partial charge on any atom is 0.234 e. The maximum atomic E-state index is 12.1. The van der Waals surface area contributed by atoms with Gasteiger partial charge < -0.3 is 5.32 Å². The average Bonchev–Trinajstić information content (AvgIpc) is 3.23. The van der Waals surface area contributed by atoms with Crippen molar-refractivity contribution in [3.8, 4) is 6.07 Å². The van der Waals surface area contributed by atoms with Gasteiger partial charge in [-0.1, -0.05) is 23.5 Å². The number of amides is 1. The van der Waals surface area contributed by atoms with E-state index >= 15 is 0 Å². The molecule has 1 fully saturated rings. The van der Waals surface area contributed by atoms with Gasteiger partial charge in [-0.05, 0) is 25.0 Å². The number of nitriles is 1. The minimum Gasteiger partial charge on any atom is -0.325 e. The predicted octanol–water partition coefficient (Wildman–Crippen LogP) is 2.51. The van der Waals surface area contributed by atoms with Gasteiger partial charge in [0.1, 0.15) is 11.1 Å². The summed E-state index contributed by atoms with van der Waals surface area (Å²) in [6.45, 7) is 0. The molecule has 0 aliphatic heterocycles. The van der Waals surface area contributed by atoms with E-state index in [9.17, 15) is 4.79 Å². The average molecular weight is 338 g/mol. The molecule has 1 aliphatic carbocycles. The third-order valence-corrected chi connectivity index (χ3v) is 4.85. The number of para-hydroxylation sites is 1. The standard InChI is InChI=1S/C16H14N6OS/c17-9-11-3-1-2-4-12(11)18-13(23)7-8-14-21-22-15(10-5-6-10)19-20-16(22)24-14/h1-4,10H,5-8H2,(H,18,23). The van der Waals surface area contributed by atoms with Crippen molar-refractivity contribution >= 4 is 27.9 Å². The van der Waals surface area contributed by atoms with Gasteiger partial charge in [-0.2, -0.15) is 14.9 Å². The van der Waals surface area contributed by atoms with Gasteiger partial charge in [-0.3, -0.25) is 4.79 Å². The monoisotopic (exact) mass is 338 g/mol. The summed E-state index contributed by atoms with van der Waals surface area (Å²) in [5.41, 5.74) is 0.998. The van der Waals surface area contributed by atoms with Crippen LogP contribution in [0.1, 0.15) is 41.6 Å². The van der Waals surface area contributed by atoms with E-state index in [-0.39, 0.29) is 5.91 Å². The molecule has 120 valence electrons. The maximum absolute atomic E-state index is 12.1. The van der Waals surface area contributed by atoms with Crippen LogP contribution >= 0.6 is 11.3 Å². The van der Waals surface area contributed by atoms with Gasteiger partial charge in [-0.25, -0.2) is 0 Å². The molecule has 1 aliphatic rings. The predicted molar refractivity (Wildman–Crippen MR) is 88.7 cm³/mol. The lowest BCUT2D eigenvalue weighted by Crippen LogP contribution is -2.13. The number of aromatic nitrogens is 4. The Labute approximate surface area is 141 Å². The molecular formula is C16H14N6OS. The molecular weight excluding hydrogens is 324 g/mol. The van der Waals surface area contributed by atoms with Crippen molar-refractivity contribution in [3.63, 3.8) is 0 Å². The summed E-state index contributed by atoms with van der Waals surface area (Å²) in [6.07, 6.45) is 3.14. The van der Waals surface area contributed by atoms with E-state index in [1.54, 1.807) is 28.8 Å². The highest BCUT2D eigenvalue weighted by atomic mass is 32.1. The molecule has 4 rings (SSSR count). The first-order chi connectivity index (χ1) is 11.7. The summed E-state index contributed by atoms with van der Waals surface area (Å²) in [7, 11) is 0. The van der Waals surface area contributed by atoms with E-state index in [4.69, 9.17) is 5.26 Å². The quantitative estimate of drug-likeness (QED) is 0.771. The fourth-order valence-corrected chi connectivity index (χ4v) is 3.33. The Morgan fingerprint density at radius 3 is 3.00 bits per heavy atom. The molecule has 0 bridgehead atoms. The third kappa shape index (κ3) is 2.86. The molecule has 1 saturated carbocycles. The van der Waals surface area contributed by atoms with Crippen LogP contribution in [0.25, 0.3) is 4.96 Å². The van der Waals surface area contributed by atoms with E-state index in [1.165, 1.54) is 11.3 Å². The Bertz CT molecular complexity index is 949. The van der Waals surface area contributed by atoms with Crippen molar-refractivity contribution < 1.29 is 4.79 Å². The fourth-order valence-electron chi connectivity index (χ4n) is 2.49. The highest BCUT2D eigenvalue weighted by Gasteiger charge is 2.30. The lowest BCUT2D eigenvalue weighted by atomic mass is 10.2. The topological polar surface area (TPSA) is 96.0 Å². The van der Waals surface area contributed by atoms with E-state index in [2.05, 4.69) is 26.7 Å². The number of benzene rings is 1. The second kappa shape index (κ2) is 6.02. The molecule has 2 heterocycles. The Balaban J connectivity index is 1.41. The number of nitrogens with one attached hydrogen (secondary N) is 1. The zero-order valence-corrected chi connectivity index (χ0v) is 13.6. The number of fused-ring (bicyclic) bond motifs is 1. The number of rotatable bonds is 5. The van der Waals surface area contributed by atoms with Crippen LogP contribution in [-0.4, -0.2) is 25.7 Å². The number of anilines is 1. The molecule has 0 radical (unpaired) electrons. The van der Waals surface area contributed by atoms with Crippen LogP contribution in [0.3, 0.4) is 0 Å². The molecule has 1 amide bonds. The SMILES string of the molecule is N#Cc1ccccc1NC(=O)CCc1nn2c(C3CC3)nnc2s1. The van der Waals surface area contributed by atoms with Crippen molar-refractivity contribution in [1.29, 1.82) is 5.26 Å². The summed E-state index contributed by atoms with van der Waals surface area (Å²) in [5.74, 6) is 1.28. The van der Waals surface area contributed by atoms with Gasteiger partial charge in [0.2, 0.25) is 10.9 Å². The van der Waals surface area contributed by atoms with Gasteiger partial charge in [0.25, 0.3) is 0 Å². The number of hydrogen-bond donors (Lipinski definition) is 1. The zero-order valence-electron chi connectivity index (χ0n) is 12.8. The van der Waals surface area contributed by atoms with Gasteiger partial charge in [0, 0.05) is 18.8 Å². The summed E-state index contributed by atoms with van der Waals surface area (Å²) in [5, 5.41) is 25.5. The van der Waals surface area contributed by atoms with Crippen molar-refractivity contribution in [2.24, 2.45) is 0 Å². The molecule has 2 aromatic heterocycles. The normalized spacial score (nSPS) is 13.8. The second-order valence-electron chi connectivity index (χ2n) is 5.73. The molecule has 0 spiro atoms. The lowest BCUT2D eigenvalue weighted by Gasteiger charge is -2.05. The first-order valence-corrected chi connectivity index (χ1v) is 8.56. The number of nitrogens with zero attached hydrogens (tertiary/aromatic N) is 5. The summed E-state index contributed by atoms with van der Waals surface area (Å²) >= 11 is 1.47. The Morgan fingerprint density at radius 1 is 1.38 bits per heavy atom. The molecule has 1 N–H and O–H groups in total. The van der Waals surface area contributed by atoms with Crippen molar-refractivity contribution in [2.75, 3.05) is 5.32 Å². The number of aryl methyl sites for hydroxylation is 1. The third-order valence-electron chi connectivity index (χ3n) is 3.89. The molecule has 3 aromatic rings. The van der Waals surface area contributed by atoms with Crippen LogP contribution in [0.15, 0.2) is 24.3 Å². The van der Waals surface area contributed by atoms with Gasteiger partial charge >= 0.3 is 0 Å². The Morgan fingerprint density at radius 2 is 2.21 bits per heavy atom. The van der Waals surface area contributed by atoms with Gasteiger partial charge in [0.05, 0.1) is 11.3 Å².